The van der Waals surface area contributed by atoms with E-state index in [2.05, 4.69) is 4.74 Å². The molecule has 2 fully saturated rings. The number of benzene rings is 3. The van der Waals surface area contributed by atoms with Gasteiger partial charge in [-0.15, -0.1) is 0 Å². The van der Waals surface area contributed by atoms with E-state index < -0.39 is 128 Å². The fraction of sp³-hybridized carbons (Fsp3) is 0.441. The zero-order chi connectivity index (χ0) is 40.1. The number of ether oxygens (including phenoxy) is 1. The van der Waals surface area contributed by atoms with Crippen LogP contribution in [0.15, 0.2) is 71.6 Å². The number of carbonyl (C=O) groups is 1. The first-order valence-corrected chi connectivity index (χ1v) is 17.5. The Morgan fingerprint density at radius 2 is 1.28 bits per heavy atom. The summed E-state index contributed by atoms with van der Waals surface area (Å²) in [4.78, 5) is 15.0. The van der Waals surface area contributed by atoms with Crippen LogP contribution in [0.25, 0.3) is 0 Å². The third-order valence-electron chi connectivity index (χ3n) is 9.86. The van der Waals surface area contributed by atoms with Crippen LogP contribution in [0.4, 0.5) is 57.5 Å². The number of likely N-dealkylation sites (tertiary alicyclic amines) is 2. The molecule has 0 aliphatic carbocycles. The highest BCUT2D eigenvalue weighted by Gasteiger charge is 2.73. The average Bonchev–Trinajstić information content (AvgIpc) is 3.08. The molecule has 296 valence electrons. The molecule has 1 unspecified atom stereocenters. The molecule has 3 aromatic carbocycles. The van der Waals surface area contributed by atoms with E-state index in [1.807, 2.05) is 0 Å². The van der Waals surface area contributed by atoms with Crippen LogP contribution in [0.1, 0.15) is 42.4 Å². The SMILES string of the molecule is O=C(N1CCC(O)(C(F)(F)F)CC1)N1CCCC(c2ccc(C(OCc3c(F)cccc3F)(C(F)(F)F)C(F)(F)F)cc2)(S(=O)(=O)c2ccc(F)cc2)C1. The van der Waals surface area contributed by atoms with Gasteiger partial charge in [0.1, 0.15) is 22.2 Å². The fourth-order valence-electron chi connectivity index (χ4n) is 6.78. The molecular weight excluding hydrogens is 776 g/mol. The lowest BCUT2D eigenvalue weighted by atomic mass is 9.85. The minimum absolute atomic E-state index is 0.138. The smallest absolute Gasteiger partial charge is 0.380 e. The number of carbonyl (C=O) groups excluding carboxylic acids is 1. The van der Waals surface area contributed by atoms with Crippen molar-refractivity contribution in [3.8, 4) is 0 Å². The number of urea groups is 1. The molecule has 54 heavy (non-hydrogen) atoms. The first kappa shape index (κ1) is 41.1. The van der Waals surface area contributed by atoms with Gasteiger partial charge in [-0.25, -0.2) is 26.4 Å². The molecule has 2 amide bonds. The standard InChI is InChI=1S/C34H30F12N2O5S/c35-23-9-11-24(12-10-23)54(51,52)29(13-2-16-48(20-29)28(49)47-17-14-30(50,15-18-47)32(38,39)40)21-5-7-22(8-6-21)31(33(41,42)43,34(44,45)46)53-19-25-26(36)3-1-4-27(25)37/h1,3-12,50H,2,13-20H2. The Labute approximate surface area is 300 Å². The van der Waals surface area contributed by atoms with E-state index >= 15 is 0 Å². The molecule has 5 rings (SSSR count). The van der Waals surface area contributed by atoms with Crippen LogP contribution in [-0.2, 0) is 31.5 Å². The molecule has 2 saturated heterocycles. The maximum Gasteiger partial charge on any atom is 0.430 e. The lowest BCUT2D eigenvalue weighted by molar-refractivity contribution is -0.392. The van der Waals surface area contributed by atoms with E-state index in [0.717, 1.165) is 40.1 Å². The topological polar surface area (TPSA) is 87.2 Å². The number of amides is 2. The van der Waals surface area contributed by atoms with E-state index in [4.69, 9.17) is 0 Å². The van der Waals surface area contributed by atoms with Gasteiger partial charge >= 0.3 is 24.6 Å². The highest BCUT2D eigenvalue weighted by Crippen LogP contribution is 2.54. The molecule has 1 N–H and O–H groups in total. The Hall–Kier alpha value is -4.04. The van der Waals surface area contributed by atoms with Crippen molar-refractivity contribution in [2.45, 2.75) is 71.7 Å². The van der Waals surface area contributed by atoms with E-state index in [0.29, 0.717) is 24.3 Å². The zero-order valence-electron chi connectivity index (χ0n) is 27.6. The van der Waals surface area contributed by atoms with Crippen molar-refractivity contribution in [1.29, 1.82) is 0 Å². The largest absolute Gasteiger partial charge is 0.430 e. The number of rotatable bonds is 7. The third kappa shape index (κ3) is 7.11. The zero-order valence-corrected chi connectivity index (χ0v) is 28.4. The summed E-state index contributed by atoms with van der Waals surface area (Å²) in [5, 5.41) is 10.0. The van der Waals surface area contributed by atoms with Crippen LogP contribution in [0.3, 0.4) is 0 Å². The number of nitrogens with zero attached hydrogens (tertiary/aromatic N) is 2. The van der Waals surface area contributed by atoms with E-state index in [9.17, 15) is 71.0 Å². The Morgan fingerprint density at radius 3 is 1.78 bits per heavy atom. The van der Waals surface area contributed by atoms with Gasteiger partial charge in [0.2, 0.25) is 0 Å². The molecule has 0 saturated carbocycles. The predicted molar refractivity (Wildman–Crippen MR) is 165 cm³/mol. The molecule has 0 radical (unpaired) electrons. The predicted octanol–water partition coefficient (Wildman–Crippen LogP) is 7.91. The number of hydrogen-bond donors (Lipinski definition) is 1. The fourth-order valence-corrected chi connectivity index (χ4v) is 8.91. The van der Waals surface area contributed by atoms with Gasteiger partial charge in [-0.3, -0.25) is 0 Å². The molecule has 1 atom stereocenters. The summed E-state index contributed by atoms with van der Waals surface area (Å²) in [7, 11) is -4.82. The second-order valence-electron chi connectivity index (χ2n) is 13.0. The molecule has 3 aromatic rings. The third-order valence-corrected chi connectivity index (χ3v) is 12.4. The molecular formula is C34H30F12N2O5S. The number of hydrogen-bond acceptors (Lipinski definition) is 5. The van der Waals surface area contributed by atoms with Gasteiger partial charge in [0.05, 0.1) is 11.5 Å². The summed E-state index contributed by atoms with van der Waals surface area (Å²) >= 11 is 0. The summed E-state index contributed by atoms with van der Waals surface area (Å²) < 4.78 is 201. The van der Waals surface area contributed by atoms with Crippen LogP contribution in [0.2, 0.25) is 0 Å². The van der Waals surface area contributed by atoms with Crippen molar-refractivity contribution in [2.24, 2.45) is 0 Å². The average molecular weight is 807 g/mol. The first-order valence-electron chi connectivity index (χ1n) is 16.0. The van der Waals surface area contributed by atoms with E-state index in [1.165, 1.54) is 0 Å². The first-order chi connectivity index (χ1) is 24.9. The molecule has 0 spiro atoms. The Bertz CT molecular complexity index is 1910. The van der Waals surface area contributed by atoms with Gasteiger partial charge < -0.3 is 19.6 Å². The van der Waals surface area contributed by atoms with Gasteiger partial charge in [-0.2, -0.15) is 39.5 Å². The Morgan fingerprint density at radius 1 is 0.741 bits per heavy atom. The van der Waals surface area contributed by atoms with Crippen molar-refractivity contribution in [3.05, 3.63) is 101 Å². The second kappa shape index (κ2) is 14.2. The minimum Gasteiger partial charge on any atom is -0.380 e. The summed E-state index contributed by atoms with van der Waals surface area (Å²) in [6.45, 7) is -3.98. The Kier molecular flexibility index (Phi) is 10.8. The number of piperidine rings is 2. The molecule has 0 bridgehead atoms. The summed E-state index contributed by atoms with van der Waals surface area (Å²) in [6.07, 6.45) is -19.9. The van der Waals surface area contributed by atoms with E-state index in [-0.39, 0.29) is 31.5 Å². The van der Waals surface area contributed by atoms with Gasteiger partial charge in [-0.1, -0.05) is 30.3 Å². The summed E-state index contributed by atoms with van der Waals surface area (Å²) in [5.74, 6) is -3.84. The van der Waals surface area contributed by atoms with Crippen LogP contribution < -0.4 is 0 Å². The van der Waals surface area contributed by atoms with Gasteiger partial charge in [0.25, 0.3) is 5.60 Å². The summed E-state index contributed by atoms with van der Waals surface area (Å²) in [6, 6.07) is 6.15. The highest BCUT2D eigenvalue weighted by molar-refractivity contribution is 7.92. The van der Waals surface area contributed by atoms with E-state index in [1.54, 1.807) is 0 Å². The quantitative estimate of drug-likeness (QED) is 0.194. The molecule has 20 heteroatoms. The van der Waals surface area contributed by atoms with Crippen molar-refractivity contribution in [3.63, 3.8) is 0 Å². The van der Waals surface area contributed by atoms with Crippen molar-refractivity contribution >= 4 is 15.9 Å². The van der Waals surface area contributed by atoms with Crippen LogP contribution >= 0.6 is 0 Å². The summed E-state index contributed by atoms with van der Waals surface area (Å²) in [5.41, 5.74) is -11.6. The second-order valence-corrected chi connectivity index (χ2v) is 15.3. The Balaban J connectivity index is 1.58. The molecule has 2 heterocycles. The molecule has 2 aliphatic rings. The number of sulfone groups is 1. The van der Waals surface area contributed by atoms with Crippen molar-refractivity contribution < 1.29 is 75.7 Å². The number of halogens is 12. The van der Waals surface area contributed by atoms with Crippen molar-refractivity contribution in [1.82, 2.24) is 9.80 Å². The van der Waals surface area contributed by atoms with Gasteiger partial charge in [-0.05, 0) is 54.8 Å². The number of alkyl halides is 9. The number of aliphatic hydroxyl groups is 1. The highest BCUT2D eigenvalue weighted by atomic mass is 32.2. The monoisotopic (exact) mass is 806 g/mol. The van der Waals surface area contributed by atoms with Crippen LogP contribution in [-0.4, -0.2) is 79.7 Å². The lowest BCUT2D eigenvalue weighted by Crippen LogP contribution is -2.59. The van der Waals surface area contributed by atoms with Gasteiger partial charge in [0, 0.05) is 50.1 Å². The van der Waals surface area contributed by atoms with Gasteiger partial charge in [0.15, 0.2) is 15.4 Å². The van der Waals surface area contributed by atoms with Crippen molar-refractivity contribution in [2.75, 3.05) is 26.2 Å². The van der Waals surface area contributed by atoms with Crippen LogP contribution in [0, 0.1) is 17.5 Å². The molecule has 0 aromatic heterocycles. The normalized spacial score (nSPS) is 20.2. The molecule has 2 aliphatic heterocycles. The maximum absolute atomic E-state index is 14.6. The lowest BCUT2D eigenvalue weighted by Gasteiger charge is -2.46. The van der Waals surface area contributed by atoms with Crippen LogP contribution in [0.5, 0.6) is 0 Å². The minimum atomic E-state index is -6.31. The maximum atomic E-state index is 14.6. The molecule has 7 nitrogen and oxygen atoms in total.